The third kappa shape index (κ3) is 2.96. The molecule has 0 aromatic carbocycles. The summed E-state index contributed by atoms with van der Waals surface area (Å²) in [7, 11) is 0. The van der Waals surface area contributed by atoms with E-state index < -0.39 is 37.4 Å². The third-order valence-electron chi connectivity index (χ3n) is 1.64. The van der Waals surface area contributed by atoms with Crippen LogP contribution in [0, 0.1) is 0 Å². The maximum Gasteiger partial charge on any atom is 0.423 e. The van der Waals surface area contributed by atoms with Crippen molar-refractivity contribution in [3.8, 4) is 0 Å². The highest BCUT2D eigenvalue weighted by atomic mass is 19.3. The van der Waals surface area contributed by atoms with Crippen LogP contribution in [-0.2, 0) is 4.74 Å². The quantitative estimate of drug-likeness (QED) is 0.681. The van der Waals surface area contributed by atoms with Gasteiger partial charge in [-0.15, -0.1) is 0 Å². The van der Waals surface area contributed by atoms with Crippen molar-refractivity contribution in [1.82, 2.24) is 0 Å². The molecule has 98 valence electrons. The van der Waals surface area contributed by atoms with Crippen molar-refractivity contribution in [2.45, 2.75) is 44.3 Å². The van der Waals surface area contributed by atoms with Crippen LogP contribution in [0.4, 0.5) is 35.1 Å². The molecule has 0 aliphatic carbocycles. The Morgan fingerprint density at radius 2 is 1.19 bits per heavy atom. The summed E-state index contributed by atoms with van der Waals surface area (Å²) in [6, 6.07) is 0. The molecule has 0 fully saturated rings. The first-order valence-electron chi connectivity index (χ1n) is 3.98. The third-order valence-corrected chi connectivity index (χ3v) is 1.64. The van der Waals surface area contributed by atoms with Crippen LogP contribution < -0.4 is 0 Å². The Morgan fingerprint density at radius 3 is 1.44 bits per heavy atom. The number of hydrogen-bond acceptors (Lipinski definition) is 1. The topological polar surface area (TPSA) is 9.23 Å². The second-order valence-electron chi connectivity index (χ2n) is 3.08. The van der Waals surface area contributed by atoms with E-state index >= 15 is 0 Å². The number of alkyl halides is 8. The van der Waals surface area contributed by atoms with Crippen LogP contribution in [0.5, 0.6) is 0 Å². The maximum absolute atomic E-state index is 12.4. The van der Waals surface area contributed by atoms with Gasteiger partial charge < -0.3 is 0 Å². The van der Waals surface area contributed by atoms with Gasteiger partial charge in [-0.05, 0) is 0 Å². The van der Waals surface area contributed by atoms with E-state index in [0.717, 1.165) is 0 Å². The molecule has 0 bridgehead atoms. The summed E-state index contributed by atoms with van der Waals surface area (Å²) in [4.78, 5) is 0. The van der Waals surface area contributed by atoms with Gasteiger partial charge in [0.25, 0.3) is 0 Å². The van der Waals surface area contributed by atoms with E-state index in [4.69, 9.17) is 0 Å². The lowest BCUT2D eigenvalue weighted by atomic mass is 10.2. The lowest BCUT2D eigenvalue weighted by Gasteiger charge is -2.31. The number of ether oxygens (including phenoxy) is 1. The SMILES string of the molecule is CCC(F)(F)C(F)(F)OC(F)(F)C(C)(F)F. The second kappa shape index (κ2) is 4.01. The van der Waals surface area contributed by atoms with E-state index in [1.807, 2.05) is 0 Å². The number of halogens is 8. The number of hydrogen-bond donors (Lipinski definition) is 0. The zero-order valence-corrected chi connectivity index (χ0v) is 8.14. The lowest BCUT2D eigenvalue weighted by Crippen LogP contribution is -2.52. The van der Waals surface area contributed by atoms with Crippen LogP contribution >= 0.6 is 0 Å². The van der Waals surface area contributed by atoms with E-state index in [0.29, 0.717) is 6.92 Å². The first-order chi connectivity index (χ1) is 6.77. The highest BCUT2D eigenvalue weighted by molar-refractivity contribution is 4.80. The van der Waals surface area contributed by atoms with Gasteiger partial charge in [-0.2, -0.15) is 35.1 Å². The van der Waals surface area contributed by atoms with Gasteiger partial charge in [0.1, 0.15) is 0 Å². The van der Waals surface area contributed by atoms with Gasteiger partial charge in [-0.3, -0.25) is 0 Å². The van der Waals surface area contributed by atoms with Gasteiger partial charge in [-0.1, -0.05) is 6.92 Å². The molecule has 0 radical (unpaired) electrons. The minimum Gasteiger partial charge on any atom is -0.246 e. The minimum absolute atomic E-state index is 0.423. The van der Waals surface area contributed by atoms with Crippen molar-refractivity contribution in [2.75, 3.05) is 0 Å². The van der Waals surface area contributed by atoms with Crippen molar-refractivity contribution in [1.29, 1.82) is 0 Å². The Bertz CT molecular complexity index is 243. The van der Waals surface area contributed by atoms with Crippen LogP contribution in [0.2, 0.25) is 0 Å². The largest absolute Gasteiger partial charge is 0.423 e. The Morgan fingerprint density at radius 1 is 0.812 bits per heavy atom. The van der Waals surface area contributed by atoms with E-state index in [-0.39, 0.29) is 0 Å². The molecule has 0 saturated heterocycles. The van der Waals surface area contributed by atoms with Crippen LogP contribution in [-0.4, -0.2) is 24.1 Å². The van der Waals surface area contributed by atoms with Gasteiger partial charge in [0.05, 0.1) is 0 Å². The first-order valence-corrected chi connectivity index (χ1v) is 3.98. The summed E-state index contributed by atoms with van der Waals surface area (Å²) >= 11 is 0. The zero-order chi connectivity index (χ0) is 13.4. The Labute approximate surface area is 85.4 Å². The molecule has 0 saturated carbocycles. The zero-order valence-electron chi connectivity index (χ0n) is 8.14. The second-order valence-corrected chi connectivity index (χ2v) is 3.08. The summed E-state index contributed by atoms with van der Waals surface area (Å²) in [6.07, 6.45) is -12.9. The smallest absolute Gasteiger partial charge is 0.246 e. The predicted octanol–water partition coefficient (Wildman–Crippen LogP) is 3.89. The Balaban J connectivity index is 4.99. The summed E-state index contributed by atoms with van der Waals surface area (Å²) in [5.41, 5.74) is 0. The fraction of sp³-hybridized carbons (Fsp3) is 1.00. The monoisotopic (exact) mass is 260 g/mol. The summed E-state index contributed by atoms with van der Waals surface area (Å²) in [5, 5.41) is 0. The van der Waals surface area contributed by atoms with Gasteiger partial charge in [-0.25, -0.2) is 4.74 Å². The molecule has 1 nitrogen and oxygen atoms in total. The summed E-state index contributed by atoms with van der Waals surface area (Å²) < 4.78 is 101. The lowest BCUT2D eigenvalue weighted by molar-refractivity contribution is -0.465. The van der Waals surface area contributed by atoms with Gasteiger partial charge in [0.15, 0.2) is 0 Å². The highest BCUT2D eigenvalue weighted by Crippen LogP contribution is 2.45. The van der Waals surface area contributed by atoms with Crippen LogP contribution in [0.25, 0.3) is 0 Å². The summed E-state index contributed by atoms with van der Waals surface area (Å²) in [6.45, 7) is 0.146. The fourth-order valence-electron chi connectivity index (χ4n) is 0.531. The van der Waals surface area contributed by atoms with Crippen molar-refractivity contribution >= 4 is 0 Å². The molecular weight excluding hydrogens is 252 g/mol. The van der Waals surface area contributed by atoms with E-state index in [1.165, 1.54) is 0 Å². The van der Waals surface area contributed by atoms with Crippen LogP contribution in [0.1, 0.15) is 20.3 Å². The van der Waals surface area contributed by atoms with Crippen molar-refractivity contribution < 1.29 is 39.9 Å². The van der Waals surface area contributed by atoms with Crippen molar-refractivity contribution in [3.63, 3.8) is 0 Å². The molecule has 0 aliphatic rings. The Hall–Kier alpha value is -0.600. The number of rotatable bonds is 5. The molecule has 0 spiro atoms. The van der Waals surface area contributed by atoms with E-state index in [1.54, 1.807) is 0 Å². The van der Waals surface area contributed by atoms with Crippen molar-refractivity contribution in [3.05, 3.63) is 0 Å². The standard InChI is InChI=1S/C7H8F8O/c1-3-5(10,11)7(14,15)16-6(12,13)4(2,8)9/h3H2,1-2H3. The van der Waals surface area contributed by atoms with E-state index in [9.17, 15) is 35.1 Å². The van der Waals surface area contributed by atoms with E-state index in [2.05, 4.69) is 4.74 Å². The normalized spacial score (nSPS) is 15.4. The highest BCUT2D eigenvalue weighted by Gasteiger charge is 2.66. The first kappa shape index (κ1) is 15.4. The molecule has 16 heavy (non-hydrogen) atoms. The molecule has 0 N–H and O–H groups in total. The fourth-order valence-corrected chi connectivity index (χ4v) is 0.531. The van der Waals surface area contributed by atoms with Gasteiger partial charge in [0, 0.05) is 13.3 Å². The molecule has 0 heterocycles. The Kier molecular flexibility index (Phi) is 3.86. The molecule has 0 rings (SSSR count). The molecule has 0 aliphatic heterocycles. The van der Waals surface area contributed by atoms with Crippen LogP contribution in [0.3, 0.4) is 0 Å². The van der Waals surface area contributed by atoms with Crippen molar-refractivity contribution in [2.24, 2.45) is 0 Å². The molecule has 0 unspecified atom stereocenters. The molecule has 0 aromatic rings. The molecular formula is C7H8F8O. The summed E-state index contributed by atoms with van der Waals surface area (Å²) in [5.74, 6) is -9.96. The molecule has 0 atom stereocenters. The molecule has 0 aromatic heterocycles. The minimum atomic E-state index is -5.69. The van der Waals surface area contributed by atoms with Crippen LogP contribution in [0.15, 0.2) is 0 Å². The average molecular weight is 260 g/mol. The van der Waals surface area contributed by atoms with Gasteiger partial charge >= 0.3 is 24.1 Å². The average Bonchev–Trinajstić information content (AvgIpc) is 1.99. The predicted molar refractivity (Wildman–Crippen MR) is 36.8 cm³/mol. The van der Waals surface area contributed by atoms with Gasteiger partial charge in [0.2, 0.25) is 0 Å². The molecule has 9 heteroatoms. The molecule has 0 amide bonds. The maximum atomic E-state index is 12.4.